The van der Waals surface area contributed by atoms with Gasteiger partial charge in [0.15, 0.2) is 0 Å². The van der Waals surface area contributed by atoms with Crippen LogP contribution in [-0.4, -0.2) is 23.0 Å². The van der Waals surface area contributed by atoms with Gasteiger partial charge in [0.05, 0.1) is 6.42 Å². The Balaban J connectivity index is 2.66. The van der Waals surface area contributed by atoms with Gasteiger partial charge < -0.3 is 16.2 Å². The molecule has 0 aliphatic rings. The first-order valence-corrected chi connectivity index (χ1v) is 6.28. The van der Waals surface area contributed by atoms with Crippen LogP contribution in [-0.2, 0) is 9.59 Å². The maximum Gasteiger partial charge on any atom is 0.305 e. The molecule has 19 heavy (non-hydrogen) atoms. The highest BCUT2D eigenvalue weighted by molar-refractivity contribution is 5.83. The van der Waals surface area contributed by atoms with Crippen molar-refractivity contribution < 1.29 is 14.7 Å². The molecule has 0 aliphatic carbocycles. The fraction of sp³-hybridized carbons (Fsp3) is 0.429. The summed E-state index contributed by atoms with van der Waals surface area (Å²) in [5.41, 5.74) is 7.67. The van der Waals surface area contributed by atoms with E-state index >= 15 is 0 Å². The van der Waals surface area contributed by atoms with Crippen LogP contribution >= 0.6 is 0 Å². The highest BCUT2D eigenvalue weighted by Crippen LogP contribution is 2.12. The van der Waals surface area contributed by atoms with E-state index in [9.17, 15) is 9.59 Å². The third kappa shape index (κ3) is 4.71. The van der Waals surface area contributed by atoms with Crippen LogP contribution in [0.5, 0.6) is 0 Å². The number of hydrogen-bond donors (Lipinski definition) is 3. The minimum atomic E-state index is -0.934. The van der Waals surface area contributed by atoms with E-state index in [1.165, 1.54) is 0 Å². The lowest BCUT2D eigenvalue weighted by Crippen LogP contribution is -2.41. The first-order chi connectivity index (χ1) is 8.93. The molecule has 1 amide bonds. The first kappa shape index (κ1) is 15.2. The average molecular weight is 264 g/mol. The summed E-state index contributed by atoms with van der Waals surface area (Å²) in [6, 6.07) is 6.22. The van der Waals surface area contributed by atoms with E-state index in [-0.39, 0.29) is 18.4 Å². The van der Waals surface area contributed by atoms with Gasteiger partial charge >= 0.3 is 5.97 Å². The van der Waals surface area contributed by atoms with Crippen LogP contribution in [0.3, 0.4) is 0 Å². The summed E-state index contributed by atoms with van der Waals surface area (Å²) < 4.78 is 0. The Bertz CT molecular complexity index is 443. The van der Waals surface area contributed by atoms with Crippen molar-refractivity contribution in [3.63, 3.8) is 0 Å². The van der Waals surface area contributed by atoms with Crippen LogP contribution < -0.4 is 11.1 Å². The maximum atomic E-state index is 12.0. The highest BCUT2D eigenvalue weighted by atomic mass is 16.4. The van der Waals surface area contributed by atoms with Crippen molar-refractivity contribution in [3.8, 4) is 0 Å². The fourth-order valence-corrected chi connectivity index (χ4v) is 1.72. The Labute approximate surface area is 112 Å². The van der Waals surface area contributed by atoms with Crippen molar-refractivity contribution in [1.82, 2.24) is 5.32 Å². The van der Waals surface area contributed by atoms with Crippen molar-refractivity contribution in [2.45, 2.75) is 38.8 Å². The third-order valence-corrected chi connectivity index (χ3v) is 2.98. The molecule has 4 N–H and O–H groups in total. The summed E-state index contributed by atoms with van der Waals surface area (Å²) in [7, 11) is 0. The highest BCUT2D eigenvalue weighted by Gasteiger charge is 2.20. The van der Waals surface area contributed by atoms with Crippen molar-refractivity contribution in [3.05, 3.63) is 35.4 Å². The molecule has 1 aromatic rings. The van der Waals surface area contributed by atoms with Gasteiger partial charge in [-0.15, -0.1) is 0 Å². The molecule has 104 valence electrons. The molecule has 2 unspecified atom stereocenters. The quantitative estimate of drug-likeness (QED) is 0.723. The molecule has 0 bridgehead atoms. The number of carboxylic acid groups (broad SMARTS) is 1. The maximum absolute atomic E-state index is 12.0. The van der Waals surface area contributed by atoms with Gasteiger partial charge in [0.25, 0.3) is 0 Å². The molecule has 0 aliphatic heterocycles. The summed E-state index contributed by atoms with van der Waals surface area (Å²) in [6.45, 7) is 3.78. The normalized spacial score (nSPS) is 13.6. The second kappa shape index (κ2) is 6.89. The van der Waals surface area contributed by atoms with Gasteiger partial charge in [-0.2, -0.15) is 0 Å². The summed E-state index contributed by atoms with van der Waals surface area (Å²) in [4.78, 5) is 22.6. The average Bonchev–Trinajstić information content (AvgIpc) is 2.37. The second-order valence-electron chi connectivity index (χ2n) is 4.60. The largest absolute Gasteiger partial charge is 0.481 e. The molecule has 0 heterocycles. The van der Waals surface area contributed by atoms with Gasteiger partial charge in [0.2, 0.25) is 5.91 Å². The molecule has 0 spiro atoms. The lowest BCUT2D eigenvalue weighted by molar-refractivity contribution is -0.137. The number of nitrogens with one attached hydrogen (secondary N) is 1. The monoisotopic (exact) mass is 264 g/mol. The van der Waals surface area contributed by atoms with E-state index in [0.29, 0.717) is 12.0 Å². The van der Waals surface area contributed by atoms with E-state index in [4.69, 9.17) is 10.8 Å². The number of aryl methyl sites for hydroxylation is 1. The topological polar surface area (TPSA) is 92.4 Å². The Morgan fingerprint density at radius 3 is 2.37 bits per heavy atom. The summed E-state index contributed by atoms with van der Waals surface area (Å²) in [5.74, 6) is -1.28. The zero-order chi connectivity index (χ0) is 14.4. The van der Waals surface area contributed by atoms with E-state index in [1.807, 2.05) is 26.0 Å². The van der Waals surface area contributed by atoms with E-state index in [0.717, 1.165) is 5.56 Å². The number of rotatable bonds is 6. The van der Waals surface area contributed by atoms with E-state index < -0.39 is 12.0 Å². The zero-order valence-corrected chi connectivity index (χ0v) is 11.2. The van der Waals surface area contributed by atoms with Crippen LogP contribution in [0.2, 0.25) is 0 Å². The van der Waals surface area contributed by atoms with Crippen molar-refractivity contribution in [2.24, 2.45) is 5.73 Å². The second-order valence-corrected chi connectivity index (χ2v) is 4.60. The van der Waals surface area contributed by atoms with E-state index in [2.05, 4.69) is 5.32 Å². The minimum absolute atomic E-state index is 0.0944. The molecule has 0 saturated heterocycles. The third-order valence-electron chi connectivity index (χ3n) is 2.98. The SMILES string of the molecule is CCC(CC(=O)O)NC(=O)C(N)c1ccc(C)cc1. The molecule has 5 nitrogen and oxygen atoms in total. The Kier molecular flexibility index (Phi) is 5.51. The molecule has 1 aromatic carbocycles. The summed E-state index contributed by atoms with van der Waals surface area (Å²) in [5, 5.41) is 11.4. The number of carboxylic acids is 1. The number of nitrogens with two attached hydrogens (primary N) is 1. The lowest BCUT2D eigenvalue weighted by atomic mass is 10.0. The summed E-state index contributed by atoms with van der Waals surface area (Å²) in [6.07, 6.45) is 0.460. The number of hydrogen-bond acceptors (Lipinski definition) is 3. The molecule has 5 heteroatoms. The first-order valence-electron chi connectivity index (χ1n) is 6.28. The van der Waals surface area contributed by atoms with Crippen molar-refractivity contribution in [1.29, 1.82) is 0 Å². The zero-order valence-electron chi connectivity index (χ0n) is 11.2. The molecule has 1 rings (SSSR count). The molecule has 0 saturated carbocycles. The number of carbonyl (C=O) groups is 2. The fourth-order valence-electron chi connectivity index (χ4n) is 1.72. The smallest absolute Gasteiger partial charge is 0.305 e. The van der Waals surface area contributed by atoms with Crippen molar-refractivity contribution >= 4 is 11.9 Å². The van der Waals surface area contributed by atoms with Gasteiger partial charge in [-0.1, -0.05) is 36.8 Å². The lowest BCUT2D eigenvalue weighted by Gasteiger charge is -2.18. The van der Waals surface area contributed by atoms with Crippen LogP contribution in [0, 0.1) is 6.92 Å². The predicted molar refractivity (Wildman–Crippen MR) is 72.6 cm³/mol. The van der Waals surface area contributed by atoms with Gasteiger partial charge in [0.1, 0.15) is 6.04 Å². The van der Waals surface area contributed by atoms with Crippen LogP contribution in [0.1, 0.15) is 36.9 Å². The Hall–Kier alpha value is -1.88. The van der Waals surface area contributed by atoms with Crippen LogP contribution in [0.25, 0.3) is 0 Å². The van der Waals surface area contributed by atoms with Gasteiger partial charge in [-0.3, -0.25) is 9.59 Å². The van der Waals surface area contributed by atoms with Crippen LogP contribution in [0.4, 0.5) is 0 Å². The summed E-state index contributed by atoms with van der Waals surface area (Å²) >= 11 is 0. The van der Waals surface area contributed by atoms with Crippen molar-refractivity contribution in [2.75, 3.05) is 0 Å². The van der Waals surface area contributed by atoms with Gasteiger partial charge in [-0.25, -0.2) is 0 Å². The number of amides is 1. The van der Waals surface area contributed by atoms with Crippen LogP contribution in [0.15, 0.2) is 24.3 Å². The van der Waals surface area contributed by atoms with E-state index in [1.54, 1.807) is 12.1 Å². The standard InChI is InChI=1S/C14H20N2O3/c1-3-11(8-12(17)18)16-14(19)13(15)10-6-4-9(2)5-7-10/h4-7,11,13H,3,8,15H2,1-2H3,(H,16,19)(H,17,18). The Morgan fingerprint density at radius 2 is 1.89 bits per heavy atom. The molecule has 0 radical (unpaired) electrons. The number of aliphatic carboxylic acids is 1. The molecular formula is C14H20N2O3. The number of benzene rings is 1. The molecule has 2 atom stereocenters. The Morgan fingerprint density at radius 1 is 1.32 bits per heavy atom. The van der Waals surface area contributed by atoms with Gasteiger partial charge in [-0.05, 0) is 18.9 Å². The predicted octanol–water partition coefficient (Wildman–Crippen LogP) is 1.36. The van der Waals surface area contributed by atoms with Gasteiger partial charge in [0, 0.05) is 6.04 Å². The molecule has 0 aromatic heterocycles. The minimum Gasteiger partial charge on any atom is -0.481 e. The molecule has 0 fully saturated rings. The molecular weight excluding hydrogens is 244 g/mol. The number of carbonyl (C=O) groups excluding carboxylic acids is 1.